The Balaban J connectivity index is 4.11. The number of esters is 2. The Bertz CT molecular complexity index is 1370. The lowest BCUT2D eigenvalue weighted by atomic mass is 10.0. The average molecular weight is 1060 g/mol. The zero-order valence-corrected chi connectivity index (χ0v) is 50.0. The molecule has 0 amide bonds. The third-order valence-electron chi connectivity index (χ3n) is 14.1. The van der Waals surface area contributed by atoms with Crippen LogP contribution in [0, 0.1) is 0 Å². The molecule has 0 aromatic heterocycles. The summed E-state index contributed by atoms with van der Waals surface area (Å²) in [7, 11) is 5.97. The van der Waals surface area contributed by atoms with Crippen LogP contribution in [0.25, 0.3) is 0 Å². The highest BCUT2D eigenvalue weighted by Gasteiger charge is 2.25. The molecule has 0 bridgehead atoms. The molecule has 2 atom stereocenters. The first-order valence-electron chi connectivity index (χ1n) is 31.8. The summed E-state index contributed by atoms with van der Waals surface area (Å²) in [6.07, 6.45) is 69.2. The first-order valence-corrected chi connectivity index (χ1v) is 31.8. The number of carboxylic acid groups (broad SMARTS) is 1. The molecule has 0 aromatic carbocycles. The van der Waals surface area contributed by atoms with E-state index in [2.05, 4.69) is 62.5 Å². The average Bonchev–Trinajstić information content (AvgIpc) is 3.38. The highest BCUT2D eigenvalue weighted by atomic mass is 16.7. The monoisotopic (exact) mass is 1060 g/mol. The molecule has 0 radical (unpaired) electrons. The van der Waals surface area contributed by atoms with E-state index in [-0.39, 0.29) is 32.2 Å². The van der Waals surface area contributed by atoms with Crippen molar-refractivity contribution in [1.29, 1.82) is 0 Å². The predicted molar refractivity (Wildman–Crippen MR) is 318 cm³/mol. The quantitative estimate of drug-likeness (QED) is 0.0211. The van der Waals surface area contributed by atoms with Crippen LogP contribution in [0.15, 0.2) is 48.6 Å². The van der Waals surface area contributed by atoms with E-state index in [4.69, 9.17) is 18.9 Å². The van der Waals surface area contributed by atoms with Crippen LogP contribution in [0.3, 0.4) is 0 Å². The van der Waals surface area contributed by atoms with Crippen molar-refractivity contribution < 1.29 is 42.9 Å². The number of rotatable bonds is 59. The maximum absolute atomic E-state index is 12.9. The van der Waals surface area contributed by atoms with Crippen molar-refractivity contribution in [2.45, 2.75) is 309 Å². The van der Waals surface area contributed by atoms with Gasteiger partial charge in [0.2, 0.25) is 0 Å². The fraction of sp³-hybridized carbons (Fsp3) is 0.833. The first-order chi connectivity index (χ1) is 36.6. The number of nitrogens with zero attached hydrogens (tertiary/aromatic N) is 1. The molecule has 0 rings (SSSR count). The molecule has 0 spiro atoms. The summed E-state index contributed by atoms with van der Waals surface area (Å²) >= 11 is 0. The molecule has 0 saturated carbocycles. The second kappa shape index (κ2) is 57.4. The molecule has 75 heavy (non-hydrogen) atoms. The zero-order valence-electron chi connectivity index (χ0n) is 50.0. The Kier molecular flexibility index (Phi) is 55.3. The summed E-state index contributed by atoms with van der Waals surface area (Å²) < 4.78 is 22.9. The number of quaternary nitrogens is 1. The molecular formula is C66H122NO8+. The van der Waals surface area contributed by atoms with Gasteiger partial charge in [0.15, 0.2) is 6.10 Å². The maximum atomic E-state index is 12.9. The summed E-state index contributed by atoms with van der Waals surface area (Å²) in [6.45, 7) is 4.87. The fourth-order valence-electron chi connectivity index (χ4n) is 9.14. The lowest BCUT2D eigenvalue weighted by Gasteiger charge is -2.25. The summed E-state index contributed by atoms with van der Waals surface area (Å²) in [5.74, 6) is -2.01. The van der Waals surface area contributed by atoms with Gasteiger partial charge >= 0.3 is 17.9 Å². The Labute approximate surface area is 463 Å². The minimum Gasteiger partial charge on any atom is -0.477 e. The molecule has 1 N–H and O–H groups in total. The Morgan fingerprint density at radius 3 is 1.11 bits per heavy atom. The minimum atomic E-state index is -1.51. The van der Waals surface area contributed by atoms with Crippen molar-refractivity contribution in [3.05, 3.63) is 48.6 Å². The van der Waals surface area contributed by atoms with Crippen LogP contribution in [0.1, 0.15) is 296 Å². The van der Waals surface area contributed by atoms with Gasteiger partial charge in [0.25, 0.3) is 6.29 Å². The summed E-state index contributed by atoms with van der Waals surface area (Å²) in [6, 6.07) is 0. The second-order valence-electron chi connectivity index (χ2n) is 22.7. The van der Waals surface area contributed by atoms with E-state index in [1.165, 1.54) is 205 Å². The van der Waals surface area contributed by atoms with Crippen LogP contribution >= 0.6 is 0 Å². The summed E-state index contributed by atoms with van der Waals surface area (Å²) in [5.41, 5.74) is 0. The standard InChI is InChI=1S/C66H121NO8/c1-6-8-10-12-14-16-18-20-22-24-26-27-28-29-30-31-32-33-34-35-36-37-39-40-42-44-46-48-50-52-54-56-63(68)73-60-62(61-74-66(65(70)71)72-59-58-67(3,4)5)75-64(69)57-55-53-51-49-47-45-43-41-38-25-23-21-19-17-15-13-11-9-7-2/h15,17,21,23-24,26,38,41,62,66H,6-14,16,18-20,22,25,27-37,39-40,42-61H2,1-5H3/p+1/b17-15-,23-21-,26-24-,41-38-. The molecule has 0 aromatic rings. The van der Waals surface area contributed by atoms with Gasteiger partial charge in [-0.25, -0.2) is 4.79 Å². The molecule has 0 saturated heterocycles. The topological polar surface area (TPSA) is 108 Å². The van der Waals surface area contributed by atoms with E-state index in [0.717, 1.165) is 57.8 Å². The van der Waals surface area contributed by atoms with E-state index < -0.39 is 24.3 Å². The maximum Gasteiger partial charge on any atom is 0.361 e. The highest BCUT2D eigenvalue weighted by molar-refractivity contribution is 5.71. The van der Waals surface area contributed by atoms with Gasteiger partial charge in [0, 0.05) is 12.8 Å². The van der Waals surface area contributed by atoms with Gasteiger partial charge in [-0.2, -0.15) is 0 Å². The third-order valence-corrected chi connectivity index (χ3v) is 14.1. The van der Waals surface area contributed by atoms with Crippen LogP contribution in [0.4, 0.5) is 0 Å². The van der Waals surface area contributed by atoms with Crippen molar-refractivity contribution in [1.82, 2.24) is 0 Å². The number of hydrogen-bond donors (Lipinski definition) is 1. The van der Waals surface area contributed by atoms with Crippen molar-refractivity contribution in [2.24, 2.45) is 0 Å². The molecule has 2 unspecified atom stereocenters. The van der Waals surface area contributed by atoms with Gasteiger partial charge in [-0.15, -0.1) is 0 Å². The number of carbonyl (C=O) groups is 3. The van der Waals surface area contributed by atoms with Gasteiger partial charge in [-0.1, -0.05) is 255 Å². The van der Waals surface area contributed by atoms with Crippen LogP contribution in [0.2, 0.25) is 0 Å². The number of aliphatic carboxylic acids is 1. The number of allylic oxidation sites excluding steroid dienone is 8. The predicted octanol–water partition coefficient (Wildman–Crippen LogP) is 19.0. The van der Waals surface area contributed by atoms with Crippen LogP contribution in [0.5, 0.6) is 0 Å². The van der Waals surface area contributed by atoms with E-state index in [9.17, 15) is 19.5 Å². The van der Waals surface area contributed by atoms with E-state index in [1.54, 1.807) is 0 Å². The summed E-state index contributed by atoms with van der Waals surface area (Å²) in [5, 5.41) is 9.71. The smallest absolute Gasteiger partial charge is 0.361 e. The first kappa shape index (κ1) is 72.2. The third kappa shape index (κ3) is 58.8. The Hall–Kier alpha value is -2.75. The van der Waals surface area contributed by atoms with Crippen molar-refractivity contribution in [2.75, 3.05) is 47.5 Å². The zero-order chi connectivity index (χ0) is 54.8. The highest BCUT2D eigenvalue weighted by Crippen LogP contribution is 2.17. The van der Waals surface area contributed by atoms with Gasteiger partial charge < -0.3 is 28.5 Å². The molecule has 9 nitrogen and oxygen atoms in total. The van der Waals surface area contributed by atoms with E-state index in [0.29, 0.717) is 23.9 Å². The van der Waals surface area contributed by atoms with Crippen molar-refractivity contribution >= 4 is 17.9 Å². The molecule has 9 heteroatoms. The number of likely N-dealkylation sites (N-methyl/N-ethyl adjacent to an activating group) is 1. The number of carboxylic acids is 1. The van der Waals surface area contributed by atoms with Gasteiger partial charge in [0.1, 0.15) is 13.2 Å². The lowest BCUT2D eigenvalue weighted by Crippen LogP contribution is -2.40. The number of hydrogen-bond acceptors (Lipinski definition) is 7. The number of unbranched alkanes of at least 4 members (excludes halogenated alkanes) is 36. The number of ether oxygens (including phenoxy) is 4. The Morgan fingerprint density at radius 2 is 0.720 bits per heavy atom. The molecule has 438 valence electrons. The fourth-order valence-corrected chi connectivity index (χ4v) is 9.14. The van der Waals surface area contributed by atoms with E-state index in [1.807, 2.05) is 21.1 Å². The van der Waals surface area contributed by atoms with Crippen molar-refractivity contribution in [3.8, 4) is 0 Å². The summed E-state index contributed by atoms with van der Waals surface area (Å²) in [4.78, 5) is 37.5. The molecule has 0 heterocycles. The van der Waals surface area contributed by atoms with Gasteiger partial charge in [-0.3, -0.25) is 9.59 Å². The molecule has 0 aliphatic heterocycles. The van der Waals surface area contributed by atoms with Crippen LogP contribution in [-0.4, -0.2) is 87.4 Å². The number of carbonyl (C=O) groups excluding carboxylic acids is 2. The van der Waals surface area contributed by atoms with Crippen LogP contribution in [-0.2, 0) is 33.3 Å². The van der Waals surface area contributed by atoms with Gasteiger partial charge in [-0.05, 0) is 77.0 Å². The van der Waals surface area contributed by atoms with Crippen molar-refractivity contribution in [3.63, 3.8) is 0 Å². The van der Waals surface area contributed by atoms with E-state index >= 15 is 0 Å². The molecular weight excluding hydrogens is 935 g/mol. The minimum absolute atomic E-state index is 0.185. The SMILES string of the molecule is CCCCC/C=C\C/C=C\C/C=C\CCCCCCCCC(=O)OC(COC(=O)CCCCCCCCCCCCCCCCCCCCC/C=C\CCCCCCCCCC)COC(OCC[N+](C)(C)C)C(=O)O. The lowest BCUT2D eigenvalue weighted by molar-refractivity contribution is -0.870. The molecule has 0 aliphatic carbocycles. The second-order valence-corrected chi connectivity index (χ2v) is 22.7. The normalized spacial score (nSPS) is 13.0. The molecule has 0 aliphatic rings. The van der Waals surface area contributed by atoms with Gasteiger partial charge in [0.05, 0.1) is 34.4 Å². The largest absolute Gasteiger partial charge is 0.477 e. The Morgan fingerprint density at radius 1 is 0.400 bits per heavy atom. The molecule has 0 fully saturated rings. The van der Waals surface area contributed by atoms with Crippen LogP contribution < -0.4 is 0 Å².